The number of aliphatic imine (C=N–C) groups is 1. The summed E-state index contributed by atoms with van der Waals surface area (Å²) in [5.74, 6) is 0.576. The standard InChI is InChI=1S/C12H16N4O2/c1-10-3-4-11(7-14-10)8-15-6-2-5-13-12(15)9-16(17)18/h3-4,7H,2,5-6,8-9H2,1H3. The molecule has 0 unspecified atom stereocenters. The second-order valence-corrected chi connectivity index (χ2v) is 4.37. The Morgan fingerprint density at radius 1 is 1.50 bits per heavy atom. The van der Waals surface area contributed by atoms with Gasteiger partial charge < -0.3 is 4.90 Å². The molecule has 1 aliphatic heterocycles. The van der Waals surface area contributed by atoms with Gasteiger partial charge in [-0.05, 0) is 25.0 Å². The molecule has 1 aromatic heterocycles. The number of amidine groups is 1. The van der Waals surface area contributed by atoms with E-state index in [1.165, 1.54) is 0 Å². The molecule has 0 amide bonds. The molecule has 2 heterocycles. The Bertz CT molecular complexity index is 456. The lowest BCUT2D eigenvalue weighted by atomic mass is 10.2. The minimum Gasteiger partial charge on any atom is -0.350 e. The molecule has 0 aliphatic carbocycles. The number of hydrogen-bond acceptors (Lipinski definition) is 5. The van der Waals surface area contributed by atoms with Gasteiger partial charge in [-0.2, -0.15) is 0 Å². The van der Waals surface area contributed by atoms with E-state index in [1.807, 2.05) is 30.2 Å². The van der Waals surface area contributed by atoms with Gasteiger partial charge in [0.2, 0.25) is 0 Å². The normalized spacial score (nSPS) is 15.4. The minimum atomic E-state index is -0.329. The average molecular weight is 248 g/mol. The summed E-state index contributed by atoms with van der Waals surface area (Å²) in [5, 5.41) is 10.6. The molecule has 0 spiro atoms. The van der Waals surface area contributed by atoms with Crippen LogP contribution in [-0.2, 0) is 6.54 Å². The molecule has 0 saturated carbocycles. The Balaban J connectivity index is 2.06. The Hall–Kier alpha value is -1.98. The Morgan fingerprint density at radius 2 is 2.33 bits per heavy atom. The monoisotopic (exact) mass is 248 g/mol. The van der Waals surface area contributed by atoms with Crippen LogP contribution in [0.25, 0.3) is 0 Å². The molecule has 18 heavy (non-hydrogen) atoms. The third kappa shape index (κ3) is 3.26. The Labute approximate surface area is 106 Å². The lowest BCUT2D eigenvalue weighted by Gasteiger charge is -2.27. The van der Waals surface area contributed by atoms with Crippen LogP contribution >= 0.6 is 0 Å². The fraction of sp³-hybridized carbons (Fsp3) is 0.500. The largest absolute Gasteiger partial charge is 0.350 e. The van der Waals surface area contributed by atoms with E-state index in [-0.39, 0.29) is 11.5 Å². The highest BCUT2D eigenvalue weighted by Gasteiger charge is 2.19. The SMILES string of the molecule is Cc1ccc(CN2CCCN=C2C[N+](=O)[O-])cn1. The molecule has 0 saturated heterocycles. The Kier molecular flexibility index (Phi) is 3.86. The van der Waals surface area contributed by atoms with Crippen molar-refractivity contribution in [3.63, 3.8) is 0 Å². The fourth-order valence-electron chi connectivity index (χ4n) is 1.95. The summed E-state index contributed by atoms with van der Waals surface area (Å²) in [6.07, 6.45) is 2.76. The van der Waals surface area contributed by atoms with Crippen molar-refractivity contribution in [1.29, 1.82) is 0 Å². The third-order valence-electron chi connectivity index (χ3n) is 2.86. The molecule has 1 aliphatic rings. The Morgan fingerprint density at radius 3 is 3.00 bits per heavy atom. The first-order valence-electron chi connectivity index (χ1n) is 5.97. The first-order valence-corrected chi connectivity index (χ1v) is 5.97. The van der Waals surface area contributed by atoms with Gasteiger partial charge in [-0.1, -0.05) is 6.07 Å². The van der Waals surface area contributed by atoms with E-state index in [0.717, 1.165) is 24.2 Å². The molecule has 0 atom stereocenters. The first kappa shape index (κ1) is 12.5. The van der Waals surface area contributed by atoms with Crippen molar-refractivity contribution in [1.82, 2.24) is 9.88 Å². The van der Waals surface area contributed by atoms with E-state index < -0.39 is 0 Å². The van der Waals surface area contributed by atoms with Gasteiger partial charge in [0, 0.05) is 36.4 Å². The van der Waals surface area contributed by atoms with Crippen molar-refractivity contribution in [3.05, 3.63) is 39.7 Å². The summed E-state index contributed by atoms with van der Waals surface area (Å²) in [6, 6.07) is 3.95. The second-order valence-electron chi connectivity index (χ2n) is 4.37. The summed E-state index contributed by atoms with van der Waals surface area (Å²) in [4.78, 5) is 20.7. The van der Waals surface area contributed by atoms with Crippen molar-refractivity contribution < 1.29 is 4.92 Å². The predicted octanol–water partition coefficient (Wildman–Crippen LogP) is 1.27. The quantitative estimate of drug-likeness (QED) is 0.594. The maximum Gasteiger partial charge on any atom is 0.260 e. The molecule has 2 rings (SSSR count). The molecule has 0 N–H and O–H groups in total. The lowest BCUT2D eigenvalue weighted by Crippen LogP contribution is -2.39. The van der Waals surface area contributed by atoms with E-state index in [1.54, 1.807) is 0 Å². The van der Waals surface area contributed by atoms with Crippen LogP contribution in [0.2, 0.25) is 0 Å². The molecule has 0 bridgehead atoms. The van der Waals surface area contributed by atoms with Crippen LogP contribution in [0.1, 0.15) is 17.7 Å². The molecule has 0 fully saturated rings. The van der Waals surface area contributed by atoms with E-state index in [9.17, 15) is 10.1 Å². The van der Waals surface area contributed by atoms with Crippen molar-refractivity contribution in [2.45, 2.75) is 19.9 Å². The van der Waals surface area contributed by atoms with Crippen molar-refractivity contribution >= 4 is 5.84 Å². The fourth-order valence-corrected chi connectivity index (χ4v) is 1.95. The highest BCUT2D eigenvalue weighted by atomic mass is 16.6. The number of aryl methyl sites for hydroxylation is 1. The third-order valence-corrected chi connectivity index (χ3v) is 2.86. The van der Waals surface area contributed by atoms with E-state index in [2.05, 4.69) is 9.98 Å². The average Bonchev–Trinajstić information content (AvgIpc) is 2.34. The van der Waals surface area contributed by atoms with E-state index in [0.29, 0.717) is 18.9 Å². The van der Waals surface area contributed by atoms with Crippen molar-refractivity contribution in [2.75, 3.05) is 19.6 Å². The summed E-state index contributed by atoms with van der Waals surface area (Å²) < 4.78 is 0. The van der Waals surface area contributed by atoms with Gasteiger partial charge in [-0.3, -0.25) is 20.1 Å². The van der Waals surface area contributed by atoms with Gasteiger partial charge >= 0.3 is 0 Å². The lowest BCUT2D eigenvalue weighted by molar-refractivity contribution is -0.464. The van der Waals surface area contributed by atoms with Gasteiger partial charge in [-0.15, -0.1) is 0 Å². The van der Waals surface area contributed by atoms with Gasteiger partial charge in [0.25, 0.3) is 6.54 Å². The van der Waals surface area contributed by atoms with Gasteiger partial charge in [0.05, 0.1) is 0 Å². The van der Waals surface area contributed by atoms with E-state index in [4.69, 9.17) is 0 Å². The molecular formula is C12H16N4O2. The molecular weight excluding hydrogens is 232 g/mol. The number of nitrogens with zero attached hydrogens (tertiary/aromatic N) is 4. The molecule has 6 heteroatoms. The van der Waals surface area contributed by atoms with Gasteiger partial charge in [0.15, 0.2) is 5.84 Å². The van der Waals surface area contributed by atoms with E-state index >= 15 is 0 Å². The van der Waals surface area contributed by atoms with Crippen LogP contribution in [-0.4, -0.2) is 40.3 Å². The molecule has 0 aromatic carbocycles. The number of aromatic nitrogens is 1. The number of rotatable bonds is 4. The maximum atomic E-state index is 10.6. The van der Waals surface area contributed by atoms with Crippen LogP contribution in [0.4, 0.5) is 0 Å². The highest BCUT2D eigenvalue weighted by Crippen LogP contribution is 2.10. The van der Waals surface area contributed by atoms with Crippen LogP contribution in [0.5, 0.6) is 0 Å². The summed E-state index contributed by atoms with van der Waals surface area (Å²) in [5.41, 5.74) is 2.02. The second kappa shape index (κ2) is 5.57. The molecule has 1 aromatic rings. The molecule has 96 valence electrons. The summed E-state index contributed by atoms with van der Waals surface area (Å²) in [7, 11) is 0. The number of hydrogen-bond donors (Lipinski definition) is 0. The first-order chi connectivity index (χ1) is 8.65. The van der Waals surface area contributed by atoms with Crippen molar-refractivity contribution in [2.24, 2.45) is 4.99 Å². The zero-order valence-electron chi connectivity index (χ0n) is 10.4. The molecule has 0 radical (unpaired) electrons. The predicted molar refractivity (Wildman–Crippen MR) is 68.2 cm³/mol. The van der Waals surface area contributed by atoms with Crippen molar-refractivity contribution in [3.8, 4) is 0 Å². The topological polar surface area (TPSA) is 71.6 Å². The van der Waals surface area contributed by atoms with Crippen LogP contribution in [0.15, 0.2) is 23.3 Å². The zero-order valence-corrected chi connectivity index (χ0v) is 10.4. The summed E-state index contributed by atoms with van der Waals surface area (Å²) >= 11 is 0. The van der Waals surface area contributed by atoms with Crippen LogP contribution in [0, 0.1) is 17.0 Å². The van der Waals surface area contributed by atoms with Crippen LogP contribution < -0.4 is 0 Å². The highest BCUT2D eigenvalue weighted by molar-refractivity contribution is 5.83. The summed E-state index contributed by atoms with van der Waals surface area (Å²) in [6.45, 7) is 3.88. The maximum absolute atomic E-state index is 10.6. The minimum absolute atomic E-state index is 0.195. The number of pyridine rings is 1. The smallest absolute Gasteiger partial charge is 0.260 e. The molecule has 6 nitrogen and oxygen atoms in total. The number of nitro groups is 1. The van der Waals surface area contributed by atoms with Gasteiger partial charge in [0.1, 0.15) is 0 Å². The van der Waals surface area contributed by atoms with Gasteiger partial charge in [-0.25, -0.2) is 0 Å². The van der Waals surface area contributed by atoms with Crippen LogP contribution in [0.3, 0.4) is 0 Å². The zero-order chi connectivity index (χ0) is 13.0.